The van der Waals surface area contributed by atoms with Gasteiger partial charge in [0.25, 0.3) is 0 Å². The second kappa shape index (κ2) is 4.57. The number of rotatable bonds is 2. The minimum absolute atomic E-state index is 0.232. The smallest absolute Gasteiger partial charge is 0.168 e. The summed E-state index contributed by atoms with van der Waals surface area (Å²) >= 11 is 5.35. The van der Waals surface area contributed by atoms with Gasteiger partial charge >= 0.3 is 0 Å². The van der Waals surface area contributed by atoms with Crippen molar-refractivity contribution in [3.63, 3.8) is 0 Å². The monoisotopic (exact) mass is 276 g/mol. The Morgan fingerprint density at radius 3 is 2.86 bits per heavy atom. The summed E-state index contributed by atoms with van der Waals surface area (Å²) in [6, 6.07) is 0. The number of thioether (sulfide) groups is 1. The van der Waals surface area contributed by atoms with Gasteiger partial charge in [-0.2, -0.15) is 16.9 Å². The fourth-order valence-electron chi connectivity index (χ4n) is 1.66. The van der Waals surface area contributed by atoms with E-state index in [2.05, 4.69) is 21.0 Å². The van der Waals surface area contributed by atoms with Crippen LogP contribution >= 0.6 is 27.7 Å². The summed E-state index contributed by atoms with van der Waals surface area (Å²) in [4.78, 5) is 0. The van der Waals surface area contributed by atoms with Crippen molar-refractivity contribution < 1.29 is 5.11 Å². The lowest BCUT2D eigenvalue weighted by atomic mass is 10.0. The molecular weight excluding hydrogens is 264 g/mol. The van der Waals surface area contributed by atoms with Gasteiger partial charge in [0.2, 0.25) is 0 Å². The molecule has 3 nitrogen and oxygen atoms in total. The molecule has 0 amide bonds. The Morgan fingerprint density at radius 2 is 2.29 bits per heavy atom. The number of aromatic hydroxyl groups is 1. The number of aromatic nitrogens is 2. The molecule has 1 aromatic rings. The van der Waals surface area contributed by atoms with E-state index in [0.717, 1.165) is 6.54 Å². The van der Waals surface area contributed by atoms with E-state index in [1.807, 2.05) is 16.4 Å². The van der Waals surface area contributed by atoms with Crippen molar-refractivity contribution in [1.82, 2.24) is 9.78 Å². The molecule has 0 bridgehead atoms. The molecule has 14 heavy (non-hydrogen) atoms. The van der Waals surface area contributed by atoms with E-state index in [1.165, 1.54) is 30.5 Å². The second-order valence-corrected chi connectivity index (χ2v) is 5.53. The van der Waals surface area contributed by atoms with Gasteiger partial charge in [-0.05, 0) is 46.2 Å². The number of hydrogen-bond donors (Lipinski definition) is 1. The molecular formula is C9H13BrN2OS. The van der Waals surface area contributed by atoms with Crippen LogP contribution < -0.4 is 0 Å². The topological polar surface area (TPSA) is 38.1 Å². The Labute approximate surface area is 96.0 Å². The number of hydrogen-bond acceptors (Lipinski definition) is 3. The molecule has 0 aliphatic carbocycles. The molecule has 2 rings (SSSR count). The summed E-state index contributed by atoms with van der Waals surface area (Å²) < 4.78 is 2.55. The summed E-state index contributed by atoms with van der Waals surface area (Å²) in [6.07, 6.45) is 4.01. The Kier molecular flexibility index (Phi) is 3.38. The first-order valence-corrected chi connectivity index (χ1v) is 6.70. The molecule has 1 saturated heterocycles. The van der Waals surface area contributed by atoms with Crippen LogP contribution in [0.4, 0.5) is 0 Å². The van der Waals surface area contributed by atoms with Gasteiger partial charge in [-0.1, -0.05) is 0 Å². The van der Waals surface area contributed by atoms with Gasteiger partial charge in [0.05, 0.1) is 6.20 Å². The molecule has 1 fully saturated rings. The molecule has 0 saturated carbocycles. The molecule has 0 radical (unpaired) electrons. The van der Waals surface area contributed by atoms with Gasteiger partial charge in [0.1, 0.15) is 4.60 Å². The highest BCUT2D eigenvalue weighted by molar-refractivity contribution is 9.10. The summed E-state index contributed by atoms with van der Waals surface area (Å²) in [5, 5.41) is 13.5. The lowest BCUT2D eigenvalue weighted by Crippen LogP contribution is -2.17. The van der Waals surface area contributed by atoms with Crippen LogP contribution in [0.3, 0.4) is 0 Å². The lowest BCUT2D eigenvalue weighted by molar-refractivity contribution is 0.387. The van der Waals surface area contributed by atoms with Crippen molar-refractivity contribution in [2.45, 2.75) is 19.4 Å². The zero-order chi connectivity index (χ0) is 9.97. The van der Waals surface area contributed by atoms with Crippen LogP contribution in [0.5, 0.6) is 5.75 Å². The van der Waals surface area contributed by atoms with Gasteiger partial charge in [-0.15, -0.1) is 0 Å². The molecule has 2 heterocycles. The molecule has 0 unspecified atom stereocenters. The zero-order valence-electron chi connectivity index (χ0n) is 7.82. The summed E-state index contributed by atoms with van der Waals surface area (Å²) in [5.41, 5.74) is 0. The normalized spacial score (nSPS) is 18.6. The van der Waals surface area contributed by atoms with Crippen molar-refractivity contribution in [2.24, 2.45) is 5.92 Å². The Morgan fingerprint density at radius 1 is 1.57 bits per heavy atom. The van der Waals surface area contributed by atoms with Crippen molar-refractivity contribution in [3.8, 4) is 5.75 Å². The van der Waals surface area contributed by atoms with Gasteiger partial charge in [0, 0.05) is 6.54 Å². The largest absolute Gasteiger partial charge is 0.504 e. The van der Waals surface area contributed by atoms with Gasteiger partial charge in [-0.25, -0.2) is 0 Å². The van der Waals surface area contributed by atoms with Crippen LogP contribution in [0.25, 0.3) is 0 Å². The molecule has 0 atom stereocenters. The van der Waals surface area contributed by atoms with E-state index in [4.69, 9.17) is 0 Å². The van der Waals surface area contributed by atoms with Crippen molar-refractivity contribution in [2.75, 3.05) is 11.5 Å². The molecule has 1 aliphatic heterocycles. The second-order valence-electron chi connectivity index (χ2n) is 3.56. The average Bonchev–Trinajstić information content (AvgIpc) is 2.52. The van der Waals surface area contributed by atoms with E-state index >= 15 is 0 Å². The van der Waals surface area contributed by atoms with Gasteiger partial charge < -0.3 is 5.11 Å². The third-order valence-corrected chi connectivity index (χ3v) is 4.39. The lowest BCUT2D eigenvalue weighted by Gasteiger charge is -2.21. The quantitative estimate of drug-likeness (QED) is 0.902. The Balaban J connectivity index is 1.99. The van der Waals surface area contributed by atoms with Crippen LogP contribution in [-0.4, -0.2) is 26.4 Å². The first kappa shape index (κ1) is 10.4. The van der Waals surface area contributed by atoms with Gasteiger partial charge in [0.15, 0.2) is 5.75 Å². The van der Waals surface area contributed by atoms with Gasteiger partial charge in [-0.3, -0.25) is 4.68 Å². The van der Waals surface area contributed by atoms with E-state index in [9.17, 15) is 5.11 Å². The van der Waals surface area contributed by atoms with Crippen molar-refractivity contribution in [3.05, 3.63) is 10.8 Å². The number of halogens is 1. The molecule has 0 spiro atoms. The van der Waals surface area contributed by atoms with Crippen LogP contribution in [0, 0.1) is 5.92 Å². The standard InChI is InChI=1S/C9H13BrN2OS/c10-9-8(13)5-11-12(9)6-7-1-3-14-4-2-7/h5,7,13H,1-4,6H2. The minimum atomic E-state index is 0.232. The molecule has 5 heteroatoms. The maximum Gasteiger partial charge on any atom is 0.168 e. The third kappa shape index (κ3) is 2.25. The maximum absolute atomic E-state index is 9.34. The molecule has 78 valence electrons. The van der Waals surface area contributed by atoms with Crippen LogP contribution in [0.1, 0.15) is 12.8 Å². The predicted octanol–water partition coefficient (Wildman–Crippen LogP) is 2.49. The molecule has 1 aliphatic rings. The fraction of sp³-hybridized carbons (Fsp3) is 0.667. The Hall–Kier alpha value is -0.160. The van der Waals surface area contributed by atoms with E-state index < -0.39 is 0 Å². The van der Waals surface area contributed by atoms with E-state index in [1.54, 1.807) is 0 Å². The predicted molar refractivity (Wildman–Crippen MR) is 61.6 cm³/mol. The highest BCUT2D eigenvalue weighted by atomic mass is 79.9. The van der Waals surface area contributed by atoms with E-state index in [0.29, 0.717) is 10.5 Å². The fourth-order valence-corrected chi connectivity index (χ4v) is 3.20. The van der Waals surface area contributed by atoms with Crippen LogP contribution in [0.2, 0.25) is 0 Å². The van der Waals surface area contributed by atoms with Crippen LogP contribution in [0.15, 0.2) is 10.8 Å². The van der Waals surface area contributed by atoms with E-state index in [-0.39, 0.29) is 5.75 Å². The maximum atomic E-state index is 9.34. The first-order valence-electron chi connectivity index (χ1n) is 4.75. The highest BCUT2D eigenvalue weighted by Crippen LogP contribution is 2.27. The first-order chi connectivity index (χ1) is 6.77. The van der Waals surface area contributed by atoms with Crippen molar-refractivity contribution in [1.29, 1.82) is 0 Å². The highest BCUT2D eigenvalue weighted by Gasteiger charge is 2.16. The summed E-state index contributed by atoms with van der Waals surface area (Å²) in [5.74, 6) is 3.47. The zero-order valence-corrected chi connectivity index (χ0v) is 10.2. The SMILES string of the molecule is Oc1cnn(CC2CCSCC2)c1Br. The molecule has 1 N–H and O–H groups in total. The third-order valence-electron chi connectivity index (χ3n) is 2.53. The average molecular weight is 277 g/mol. The van der Waals surface area contributed by atoms with Crippen molar-refractivity contribution >= 4 is 27.7 Å². The summed E-state index contributed by atoms with van der Waals surface area (Å²) in [6.45, 7) is 0.918. The Bertz CT molecular complexity index is 310. The molecule has 1 aromatic heterocycles. The van der Waals surface area contributed by atoms with Crippen LogP contribution in [-0.2, 0) is 6.54 Å². The molecule has 0 aromatic carbocycles. The number of nitrogens with zero attached hydrogens (tertiary/aromatic N) is 2. The minimum Gasteiger partial charge on any atom is -0.504 e. The summed E-state index contributed by atoms with van der Waals surface area (Å²) in [7, 11) is 0.